The minimum atomic E-state index is 0.203. The topological polar surface area (TPSA) is 42.0 Å². The molecule has 2 saturated heterocycles. The van der Waals surface area contributed by atoms with Gasteiger partial charge in [-0.3, -0.25) is 0 Å². The fourth-order valence-corrected chi connectivity index (χ4v) is 6.22. The fraction of sp³-hybridized carbons (Fsp3) is 0.367. The molecule has 2 heterocycles. The number of piperidine rings is 2. The Morgan fingerprint density at radius 2 is 1.39 bits per heavy atom. The average molecular weight is 547 g/mol. The Kier molecular flexibility index (Phi) is 7.69. The van der Waals surface area contributed by atoms with E-state index in [1.54, 1.807) is 7.11 Å². The van der Waals surface area contributed by atoms with Crippen LogP contribution in [-0.2, 0) is 6.54 Å². The van der Waals surface area contributed by atoms with Gasteiger partial charge in [-0.15, -0.1) is 0 Å². The number of likely N-dealkylation sites (tertiary alicyclic amines) is 2. The van der Waals surface area contributed by atoms with Crippen molar-refractivity contribution in [3.63, 3.8) is 0 Å². The zero-order valence-electron chi connectivity index (χ0n) is 21.0. The molecular weight excluding hydrogens is 511 g/mol. The summed E-state index contributed by atoms with van der Waals surface area (Å²) >= 11 is 1.52. The second-order valence-electron chi connectivity index (χ2n) is 10.0. The first-order valence-electron chi connectivity index (χ1n) is 12.8. The van der Waals surface area contributed by atoms with Gasteiger partial charge in [0.25, 0.3) is 0 Å². The molecule has 6 heteroatoms. The van der Waals surface area contributed by atoms with E-state index in [9.17, 15) is 4.79 Å². The summed E-state index contributed by atoms with van der Waals surface area (Å²) in [5.41, 5.74) is 2.44. The summed E-state index contributed by atoms with van der Waals surface area (Å²) in [4.78, 5) is 17.7. The van der Waals surface area contributed by atoms with Crippen LogP contribution in [0.5, 0.6) is 17.2 Å². The standard InChI is InChI=1S/C30H35AsN2O3/c1-35-27-12-6-7-13-28(27)36-26-11-5-2-8-23(26)22-32-18-14-30(15-19-32)16-20-33(21-17-30)29(34)24-9-3-4-10-25(24)31/h2-13H,14-22,31H2,1H3. The molecule has 5 nitrogen and oxygen atoms in total. The predicted octanol–water partition coefficient (Wildman–Crippen LogP) is 4.26. The second-order valence-corrected chi connectivity index (χ2v) is 11.3. The van der Waals surface area contributed by atoms with Crippen LogP contribution >= 0.6 is 0 Å². The predicted molar refractivity (Wildman–Crippen MR) is 146 cm³/mol. The van der Waals surface area contributed by atoms with Crippen LogP contribution in [0, 0.1) is 5.41 Å². The zero-order chi connectivity index (χ0) is 25.0. The average Bonchev–Trinajstić information content (AvgIpc) is 2.92. The molecule has 188 valence electrons. The Labute approximate surface area is 222 Å². The molecule has 2 aliphatic rings. The summed E-state index contributed by atoms with van der Waals surface area (Å²) < 4.78 is 12.9. The maximum absolute atomic E-state index is 13.1. The van der Waals surface area contributed by atoms with E-state index in [1.807, 2.05) is 60.7 Å². The van der Waals surface area contributed by atoms with Crippen LogP contribution in [0.25, 0.3) is 0 Å². The molecule has 0 radical (unpaired) electrons. The minimum absolute atomic E-state index is 0.203. The van der Waals surface area contributed by atoms with Gasteiger partial charge in [-0.2, -0.15) is 0 Å². The van der Waals surface area contributed by atoms with Crippen LogP contribution in [0.4, 0.5) is 0 Å². The number of carbonyl (C=O) groups excluding carboxylic acids is 1. The molecule has 2 aliphatic heterocycles. The van der Waals surface area contributed by atoms with Crippen molar-refractivity contribution >= 4 is 27.1 Å². The van der Waals surface area contributed by atoms with Gasteiger partial charge in [0.05, 0.1) is 7.11 Å². The number of amides is 1. The van der Waals surface area contributed by atoms with E-state index >= 15 is 0 Å². The van der Waals surface area contributed by atoms with Crippen molar-refractivity contribution in [3.05, 3.63) is 83.9 Å². The van der Waals surface area contributed by atoms with E-state index in [1.165, 1.54) is 35.3 Å². The first kappa shape index (κ1) is 24.9. The molecule has 3 aromatic carbocycles. The molecule has 36 heavy (non-hydrogen) atoms. The summed E-state index contributed by atoms with van der Waals surface area (Å²) in [6.07, 6.45) is 4.60. The van der Waals surface area contributed by atoms with Gasteiger partial charge in [-0.05, 0) is 18.2 Å². The molecule has 0 aliphatic carbocycles. The van der Waals surface area contributed by atoms with Crippen molar-refractivity contribution in [2.45, 2.75) is 32.2 Å². The number of ether oxygens (including phenoxy) is 2. The Bertz CT molecular complexity index is 1200. The first-order chi connectivity index (χ1) is 17.6. The molecule has 1 atom stereocenters. The number of benzene rings is 3. The van der Waals surface area contributed by atoms with Gasteiger partial charge in [-0.25, -0.2) is 0 Å². The van der Waals surface area contributed by atoms with Crippen LogP contribution < -0.4 is 13.8 Å². The SMILES string of the molecule is COc1ccccc1Oc1ccccc1CN1CCC2(CC1)CCN(C(=O)c1ccccc1[AsH2])CC2. The molecule has 0 saturated carbocycles. The third-order valence-corrected chi connectivity index (χ3v) is 8.93. The van der Waals surface area contributed by atoms with Crippen molar-refractivity contribution in [2.75, 3.05) is 33.3 Å². The summed E-state index contributed by atoms with van der Waals surface area (Å²) in [6, 6.07) is 24.1. The molecule has 2 fully saturated rings. The van der Waals surface area contributed by atoms with Crippen LogP contribution in [-0.4, -0.2) is 65.8 Å². The summed E-state index contributed by atoms with van der Waals surface area (Å²) in [5.74, 6) is 2.55. The monoisotopic (exact) mass is 546 g/mol. The van der Waals surface area contributed by atoms with Crippen molar-refractivity contribution in [3.8, 4) is 17.2 Å². The van der Waals surface area contributed by atoms with E-state index < -0.39 is 0 Å². The number of methoxy groups -OCH3 is 1. The number of hydrogen-bond acceptors (Lipinski definition) is 4. The van der Waals surface area contributed by atoms with Gasteiger partial charge in [0.1, 0.15) is 5.75 Å². The van der Waals surface area contributed by atoms with Gasteiger partial charge >= 0.3 is 141 Å². The van der Waals surface area contributed by atoms with Crippen molar-refractivity contribution < 1.29 is 14.3 Å². The molecule has 1 amide bonds. The number of para-hydroxylation sites is 3. The second kappa shape index (κ2) is 11.1. The third kappa shape index (κ3) is 5.48. The van der Waals surface area contributed by atoms with Gasteiger partial charge < -0.3 is 9.47 Å². The Morgan fingerprint density at radius 1 is 0.806 bits per heavy atom. The number of hydrogen-bond donors (Lipinski definition) is 0. The Balaban J connectivity index is 1.17. The maximum atomic E-state index is 13.1. The van der Waals surface area contributed by atoms with Crippen molar-refractivity contribution in [1.82, 2.24) is 9.80 Å². The fourth-order valence-electron chi connectivity index (χ4n) is 5.53. The normalized spacial score (nSPS) is 17.7. The zero-order valence-corrected chi connectivity index (χ0v) is 23.4. The number of carbonyl (C=O) groups is 1. The van der Waals surface area contributed by atoms with Crippen molar-refractivity contribution in [1.29, 1.82) is 0 Å². The van der Waals surface area contributed by atoms with Gasteiger partial charge in [0.2, 0.25) is 0 Å². The van der Waals surface area contributed by atoms with Crippen LogP contribution in [0.1, 0.15) is 41.6 Å². The van der Waals surface area contributed by atoms with E-state index in [-0.39, 0.29) is 5.91 Å². The quantitative estimate of drug-likeness (QED) is 0.434. The van der Waals surface area contributed by atoms with Gasteiger partial charge in [0.15, 0.2) is 11.5 Å². The number of nitrogens with zero attached hydrogens (tertiary/aromatic N) is 2. The summed E-state index contributed by atoms with van der Waals surface area (Å²) in [5, 5.41) is 0. The molecule has 0 bridgehead atoms. The molecular formula is C30H35AsN2O3. The van der Waals surface area contributed by atoms with E-state index in [2.05, 4.69) is 21.9 Å². The van der Waals surface area contributed by atoms with Crippen LogP contribution in [0.15, 0.2) is 72.8 Å². The van der Waals surface area contributed by atoms with E-state index in [4.69, 9.17) is 9.47 Å². The third-order valence-electron chi connectivity index (χ3n) is 7.87. The molecule has 0 N–H and O–H groups in total. The number of rotatable bonds is 6. The van der Waals surface area contributed by atoms with Crippen LogP contribution in [0.2, 0.25) is 0 Å². The van der Waals surface area contributed by atoms with E-state index in [0.29, 0.717) is 5.41 Å². The van der Waals surface area contributed by atoms with Gasteiger partial charge in [0, 0.05) is 0 Å². The van der Waals surface area contributed by atoms with Gasteiger partial charge in [-0.1, -0.05) is 30.3 Å². The molecule has 5 rings (SSSR count). The molecule has 0 aromatic heterocycles. The first-order valence-corrected chi connectivity index (χ1v) is 14.0. The van der Waals surface area contributed by atoms with E-state index in [0.717, 1.165) is 72.7 Å². The summed E-state index contributed by atoms with van der Waals surface area (Å²) in [7, 11) is 1.67. The van der Waals surface area contributed by atoms with Crippen LogP contribution in [0.3, 0.4) is 0 Å². The Morgan fingerprint density at radius 3 is 2.08 bits per heavy atom. The molecule has 1 unspecified atom stereocenters. The summed E-state index contributed by atoms with van der Waals surface area (Å²) in [6.45, 7) is 4.78. The molecule has 3 aromatic rings. The van der Waals surface area contributed by atoms with Crippen molar-refractivity contribution in [2.24, 2.45) is 5.41 Å². The Hall–Kier alpha value is -2.75. The molecule has 1 spiro atoms.